The van der Waals surface area contributed by atoms with Gasteiger partial charge in [-0.3, -0.25) is 4.79 Å². The summed E-state index contributed by atoms with van der Waals surface area (Å²) in [4.78, 5) is 23.4. The number of esters is 1. The van der Waals surface area contributed by atoms with Gasteiger partial charge in [-0.1, -0.05) is 41.9 Å². The average molecular weight is 334 g/mol. The van der Waals surface area contributed by atoms with Crippen LogP contribution in [0.15, 0.2) is 48.5 Å². The van der Waals surface area contributed by atoms with Crippen LogP contribution in [-0.2, 0) is 14.3 Å². The number of benzene rings is 2. The normalized spacial score (nSPS) is 11.6. The van der Waals surface area contributed by atoms with Crippen molar-refractivity contribution >= 4 is 23.5 Å². The van der Waals surface area contributed by atoms with E-state index in [9.17, 15) is 9.59 Å². The maximum Gasteiger partial charge on any atom is 0.345 e. The van der Waals surface area contributed by atoms with Crippen LogP contribution in [0.1, 0.15) is 17.2 Å². The first-order chi connectivity index (χ1) is 11.0. The first kappa shape index (κ1) is 16.8. The van der Waals surface area contributed by atoms with Gasteiger partial charge < -0.3 is 15.2 Å². The highest BCUT2D eigenvalue weighted by Gasteiger charge is 2.22. The molecule has 0 spiro atoms. The second-order valence-corrected chi connectivity index (χ2v) is 5.29. The van der Waals surface area contributed by atoms with Gasteiger partial charge in [0.1, 0.15) is 5.75 Å². The number of amides is 1. The fourth-order valence-electron chi connectivity index (χ4n) is 1.93. The number of hydrogen-bond acceptors (Lipinski definition) is 4. The van der Waals surface area contributed by atoms with Gasteiger partial charge in [-0.15, -0.1) is 0 Å². The Kier molecular flexibility index (Phi) is 5.60. The molecule has 0 aliphatic carbocycles. The van der Waals surface area contributed by atoms with E-state index >= 15 is 0 Å². The van der Waals surface area contributed by atoms with Gasteiger partial charge in [0.25, 0.3) is 5.91 Å². The predicted octanol–water partition coefficient (Wildman–Crippen LogP) is 2.80. The summed E-state index contributed by atoms with van der Waals surface area (Å²) in [5.74, 6) is -0.948. The highest BCUT2D eigenvalue weighted by Crippen LogP contribution is 2.21. The van der Waals surface area contributed by atoms with Crippen molar-refractivity contribution in [1.29, 1.82) is 0 Å². The van der Waals surface area contributed by atoms with Gasteiger partial charge in [0.2, 0.25) is 6.10 Å². The second kappa shape index (κ2) is 7.65. The number of carbonyl (C=O) groups excluding carboxylic acids is 2. The smallest absolute Gasteiger partial charge is 0.345 e. The van der Waals surface area contributed by atoms with E-state index in [1.807, 2.05) is 6.92 Å². The molecule has 6 heteroatoms. The molecule has 0 radical (unpaired) electrons. The van der Waals surface area contributed by atoms with Crippen molar-refractivity contribution in [3.05, 3.63) is 64.7 Å². The molecule has 2 aromatic rings. The van der Waals surface area contributed by atoms with Gasteiger partial charge in [0, 0.05) is 10.6 Å². The third-order valence-corrected chi connectivity index (χ3v) is 3.52. The molecule has 0 heterocycles. The fourth-order valence-corrected chi connectivity index (χ4v) is 2.05. The first-order valence-electron chi connectivity index (χ1n) is 6.90. The molecule has 0 aliphatic heterocycles. The van der Waals surface area contributed by atoms with Crippen molar-refractivity contribution in [2.45, 2.75) is 13.0 Å². The van der Waals surface area contributed by atoms with Gasteiger partial charge in [-0.05, 0) is 30.7 Å². The van der Waals surface area contributed by atoms with Crippen LogP contribution in [0.2, 0.25) is 5.02 Å². The number of aryl methyl sites for hydroxylation is 1. The molecule has 2 N–H and O–H groups in total. The Morgan fingerprint density at radius 2 is 1.87 bits per heavy atom. The molecular formula is C17H16ClNO4. The largest absolute Gasteiger partial charge is 0.482 e. The number of primary amides is 1. The van der Waals surface area contributed by atoms with Crippen LogP contribution < -0.4 is 10.5 Å². The molecular weight excluding hydrogens is 318 g/mol. The van der Waals surface area contributed by atoms with E-state index in [4.69, 9.17) is 26.8 Å². The van der Waals surface area contributed by atoms with Crippen molar-refractivity contribution in [1.82, 2.24) is 0 Å². The standard InChI is InChI=1S/C17H16ClNO4/c1-11-9-13(7-8-14(11)18)22-10-15(20)23-16(17(19)21)12-5-3-2-4-6-12/h2-9,16H,10H2,1H3,(H2,19,21)/t16-/m0/s1. The number of ether oxygens (including phenoxy) is 2. The van der Waals surface area contributed by atoms with E-state index in [0.717, 1.165) is 5.56 Å². The minimum Gasteiger partial charge on any atom is -0.482 e. The average Bonchev–Trinajstić information content (AvgIpc) is 2.54. The zero-order chi connectivity index (χ0) is 16.8. The van der Waals surface area contributed by atoms with Gasteiger partial charge in [-0.25, -0.2) is 4.79 Å². The van der Waals surface area contributed by atoms with Crippen molar-refractivity contribution in [3.63, 3.8) is 0 Å². The summed E-state index contributed by atoms with van der Waals surface area (Å²) >= 11 is 5.92. The van der Waals surface area contributed by atoms with E-state index in [-0.39, 0.29) is 6.61 Å². The summed E-state index contributed by atoms with van der Waals surface area (Å²) < 4.78 is 10.4. The third kappa shape index (κ3) is 4.72. The maximum absolute atomic E-state index is 11.9. The van der Waals surface area contributed by atoms with E-state index in [1.165, 1.54) is 0 Å². The Bertz CT molecular complexity index is 703. The summed E-state index contributed by atoms with van der Waals surface area (Å²) in [5, 5.41) is 0.609. The Hall–Kier alpha value is -2.53. The van der Waals surface area contributed by atoms with Gasteiger partial charge in [0.15, 0.2) is 6.61 Å². The molecule has 0 aromatic heterocycles. The highest BCUT2D eigenvalue weighted by atomic mass is 35.5. The highest BCUT2D eigenvalue weighted by molar-refractivity contribution is 6.31. The Labute approximate surface area is 139 Å². The van der Waals surface area contributed by atoms with Crippen molar-refractivity contribution < 1.29 is 19.1 Å². The molecule has 0 saturated carbocycles. The molecule has 0 fully saturated rings. The van der Waals surface area contributed by atoms with Crippen LogP contribution in [0.3, 0.4) is 0 Å². The zero-order valence-electron chi connectivity index (χ0n) is 12.5. The van der Waals surface area contributed by atoms with Crippen LogP contribution in [0.25, 0.3) is 0 Å². The van der Waals surface area contributed by atoms with E-state index < -0.39 is 18.0 Å². The number of nitrogens with two attached hydrogens (primary N) is 1. The Balaban J connectivity index is 1.97. The Morgan fingerprint density at radius 3 is 2.48 bits per heavy atom. The SMILES string of the molecule is Cc1cc(OCC(=O)O[C@H](C(N)=O)c2ccccc2)ccc1Cl. The van der Waals surface area contributed by atoms with Crippen molar-refractivity contribution in [3.8, 4) is 5.75 Å². The van der Waals surface area contributed by atoms with Crippen LogP contribution >= 0.6 is 11.6 Å². The van der Waals surface area contributed by atoms with Gasteiger partial charge in [0.05, 0.1) is 0 Å². The quantitative estimate of drug-likeness (QED) is 0.824. The Morgan fingerprint density at radius 1 is 1.17 bits per heavy atom. The number of carbonyl (C=O) groups is 2. The molecule has 0 aliphatic rings. The summed E-state index contributed by atoms with van der Waals surface area (Å²) in [6.07, 6.45) is -1.14. The fraction of sp³-hybridized carbons (Fsp3) is 0.176. The van der Waals surface area contributed by atoms with Gasteiger partial charge >= 0.3 is 5.97 Å². The molecule has 1 amide bonds. The van der Waals surface area contributed by atoms with Crippen LogP contribution in [0, 0.1) is 6.92 Å². The first-order valence-corrected chi connectivity index (χ1v) is 7.28. The van der Waals surface area contributed by atoms with E-state index in [0.29, 0.717) is 16.3 Å². The predicted molar refractivity (Wildman–Crippen MR) is 86.2 cm³/mol. The lowest BCUT2D eigenvalue weighted by atomic mass is 10.1. The second-order valence-electron chi connectivity index (χ2n) is 4.88. The topological polar surface area (TPSA) is 78.6 Å². The van der Waals surface area contributed by atoms with Crippen LogP contribution in [0.5, 0.6) is 5.75 Å². The number of rotatable bonds is 6. The molecule has 5 nitrogen and oxygen atoms in total. The van der Waals surface area contributed by atoms with Gasteiger partial charge in [-0.2, -0.15) is 0 Å². The summed E-state index contributed by atoms with van der Waals surface area (Å²) in [6, 6.07) is 13.6. The third-order valence-electron chi connectivity index (χ3n) is 3.10. The molecule has 0 bridgehead atoms. The monoisotopic (exact) mass is 333 g/mol. The van der Waals surface area contributed by atoms with Crippen molar-refractivity contribution in [2.24, 2.45) is 5.73 Å². The zero-order valence-corrected chi connectivity index (χ0v) is 13.2. The minimum atomic E-state index is -1.14. The van der Waals surface area contributed by atoms with E-state index in [1.54, 1.807) is 48.5 Å². The molecule has 0 unspecified atom stereocenters. The molecule has 2 rings (SSSR count). The molecule has 23 heavy (non-hydrogen) atoms. The van der Waals surface area contributed by atoms with E-state index in [2.05, 4.69) is 0 Å². The summed E-state index contributed by atoms with van der Waals surface area (Å²) in [6.45, 7) is 1.49. The summed E-state index contributed by atoms with van der Waals surface area (Å²) in [5.41, 5.74) is 6.63. The lowest BCUT2D eigenvalue weighted by Gasteiger charge is -2.15. The van der Waals surface area contributed by atoms with Crippen molar-refractivity contribution in [2.75, 3.05) is 6.61 Å². The molecule has 2 aromatic carbocycles. The van der Waals surface area contributed by atoms with Crippen LogP contribution in [0.4, 0.5) is 0 Å². The number of halogens is 1. The van der Waals surface area contributed by atoms with Crippen LogP contribution in [-0.4, -0.2) is 18.5 Å². The summed E-state index contributed by atoms with van der Waals surface area (Å²) in [7, 11) is 0. The maximum atomic E-state index is 11.9. The molecule has 120 valence electrons. The molecule has 1 atom stereocenters. The lowest BCUT2D eigenvalue weighted by Crippen LogP contribution is -2.28. The lowest BCUT2D eigenvalue weighted by molar-refractivity contribution is -0.157. The minimum absolute atomic E-state index is 0.336. The number of hydrogen-bond donors (Lipinski definition) is 1. The molecule has 0 saturated heterocycles.